The largest absolute Gasteiger partial charge is 0.384 e. The summed E-state index contributed by atoms with van der Waals surface area (Å²) in [4.78, 5) is 1.40. The van der Waals surface area contributed by atoms with E-state index in [-0.39, 0.29) is 5.41 Å². The van der Waals surface area contributed by atoms with Gasteiger partial charge in [-0.2, -0.15) is 12.6 Å². The predicted octanol–water partition coefficient (Wildman–Crippen LogP) is 7.23. The second-order valence-electron chi connectivity index (χ2n) is 8.14. The summed E-state index contributed by atoms with van der Waals surface area (Å²) in [5.74, 6) is 1.46. The molecule has 0 aliphatic heterocycles. The van der Waals surface area contributed by atoms with Gasteiger partial charge in [0.15, 0.2) is 0 Å². The van der Waals surface area contributed by atoms with Gasteiger partial charge in [-0.15, -0.1) is 11.3 Å². The first-order chi connectivity index (χ1) is 11.9. The molecule has 1 aromatic heterocycles. The number of rotatable bonds is 9. The van der Waals surface area contributed by atoms with Crippen molar-refractivity contribution in [2.45, 2.75) is 98.0 Å². The van der Waals surface area contributed by atoms with Crippen molar-refractivity contribution in [3.8, 4) is 0 Å². The normalized spacial score (nSPS) is 21.1. The van der Waals surface area contributed by atoms with E-state index in [1.54, 1.807) is 0 Å². The van der Waals surface area contributed by atoms with Crippen LogP contribution in [0.2, 0.25) is 0 Å². The van der Waals surface area contributed by atoms with Crippen LogP contribution in [0.5, 0.6) is 0 Å². The summed E-state index contributed by atoms with van der Waals surface area (Å²) in [6.45, 7) is 11.1. The number of aliphatic hydroxyl groups is 1. The quantitative estimate of drug-likeness (QED) is 0.340. The molecule has 0 saturated heterocycles. The monoisotopic (exact) mass is 384 g/mol. The van der Waals surface area contributed by atoms with Crippen molar-refractivity contribution in [3.63, 3.8) is 0 Å². The molecule has 0 bridgehead atoms. The lowest BCUT2D eigenvalue weighted by molar-refractivity contribution is -0.113. The highest BCUT2D eigenvalue weighted by Crippen LogP contribution is 2.57. The maximum atomic E-state index is 11.5. The average Bonchev–Trinajstić information content (AvgIpc) is 3.09. The van der Waals surface area contributed by atoms with Gasteiger partial charge in [-0.1, -0.05) is 66.7 Å². The van der Waals surface area contributed by atoms with E-state index in [4.69, 9.17) is 0 Å². The summed E-state index contributed by atoms with van der Waals surface area (Å²) in [6.07, 6.45) is 10.9. The minimum atomic E-state index is -0.617. The molecule has 1 aromatic rings. The van der Waals surface area contributed by atoms with Crippen LogP contribution in [-0.2, 0) is 12.0 Å². The summed E-state index contributed by atoms with van der Waals surface area (Å²) in [7, 11) is 0. The maximum absolute atomic E-state index is 11.5. The smallest absolute Gasteiger partial charge is 0.0989 e. The Bertz CT molecular complexity index is 470. The minimum Gasteiger partial charge on any atom is -0.384 e. The Labute approximate surface area is 166 Å². The van der Waals surface area contributed by atoms with E-state index in [2.05, 4.69) is 58.7 Å². The lowest BCUT2D eigenvalue weighted by Gasteiger charge is -2.44. The van der Waals surface area contributed by atoms with Gasteiger partial charge in [0, 0.05) is 10.3 Å². The van der Waals surface area contributed by atoms with Crippen LogP contribution in [0, 0.1) is 11.3 Å². The molecule has 146 valence electrons. The molecule has 0 amide bonds. The third-order valence-corrected chi connectivity index (χ3v) is 6.90. The van der Waals surface area contributed by atoms with Crippen molar-refractivity contribution in [1.82, 2.24) is 0 Å². The van der Waals surface area contributed by atoms with Gasteiger partial charge in [0.05, 0.1) is 5.60 Å². The number of thiophene rings is 1. The van der Waals surface area contributed by atoms with Gasteiger partial charge >= 0.3 is 0 Å². The van der Waals surface area contributed by atoms with Crippen LogP contribution in [0.25, 0.3) is 0 Å². The highest BCUT2D eigenvalue weighted by atomic mass is 32.1. The van der Waals surface area contributed by atoms with Gasteiger partial charge in [0.1, 0.15) is 0 Å². The van der Waals surface area contributed by atoms with Crippen LogP contribution >= 0.6 is 24.0 Å². The van der Waals surface area contributed by atoms with Crippen molar-refractivity contribution in [1.29, 1.82) is 0 Å². The van der Waals surface area contributed by atoms with Crippen molar-refractivity contribution in [2.75, 3.05) is 5.75 Å². The molecule has 0 fully saturated rings. The van der Waals surface area contributed by atoms with E-state index in [1.807, 2.05) is 11.3 Å². The fourth-order valence-electron chi connectivity index (χ4n) is 4.29. The molecule has 1 N–H and O–H groups in total. The zero-order valence-corrected chi connectivity index (χ0v) is 18.8. The summed E-state index contributed by atoms with van der Waals surface area (Å²) in [5, 5.41) is 13.6. The standard InChI is InChI=1S/C16H26OS.C6H14S/c1-5-7-12(8-6-2)16(17)13-9-10-18-14(13)11-15(16,3)4;1-2-3-4-5-6-7/h9-10,12,17H,5-8,11H2,1-4H3;7H,2-6H2,1H3. The lowest BCUT2D eigenvalue weighted by atomic mass is 9.65. The van der Waals surface area contributed by atoms with E-state index < -0.39 is 5.60 Å². The number of hydrogen-bond acceptors (Lipinski definition) is 3. The number of unbranched alkanes of at least 4 members (excludes halogenated alkanes) is 3. The molecule has 1 heterocycles. The lowest BCUT2D eigenvalue weighted by Crippen LogP contribution is -2.45. The Morgan fingerprint density at radius 1 is 1.08 bits per heavy atom. The molecule has 3 heteroatoms. The highest BCUT2D eigenvalue weighted by Gasteiger charge is 2.55. The molecular weight excluding hydrogens is 344 g/mol. The predicted molar refractivity (Wildman–Crippen MR) is 117 cm³/mol. The Morgan fingerprint density at radius 2 is 1.72 bits per heavy atom. The fourth-order valence-corrected chi connectivity index (χ4v) is 5.67. The molecular formula is C22H40OS2. The van der Waals surface area contributed by atoms with Crippen LogP contribution in [0.4, 0.5) is 0 Å². The van der Waals surface area contributed by atoms with Crippen molar-refractivity contribution in [2.24, 2.45) is 11.3 Å². The molecule has 0 radical (unpaired) electrons. The first-order valence-electron chi connectivity index (χ1n) is 10.3. The summed E-state index contributed by atoms with van der Waals surface area (Å²) in [5.41, 5.74) is 0.586. The Balaban J connectivity index is 0.000000381. The van der Waals surface area contributed by atoms with E-state index in [9.17, 15) is 5.11 Å². The van der Waals surface area contributed by atoms with Crippen LogP contribution < -0.4 is 0 Å². The fraction of sp³-hybridized carbons (Fsp3) is 0.818. The van der Waals surface area contributed by atoms with Gasteiger partial charge in [-0.25, -0.2) is 0 Å². The van der Waals surface area contributed by atoms with E-state index in [0.29, 0.717) is 5.92 Å². The molecule has 1 aliphatic carbocycles. The first kappa shape index (κ1) is 23.0. The molecule has 2 rings (SSSR count). The van der Waals surface area contributed by atoms with Crippen molar-refractivity contribution in [3.05, 3.63) is 21.9 Å². The second kappa shape index (κ2) is 11.0. The second-order valence-corrected chi connectivity index (χ2v) is 9.59. The minimum absolute atomic E-state index is 0.0234. The van der Waals surface area contributed by atoms with Crippen LogP contribution in [0.15, 0.2) is 11.4 Å². The summed E-state index contributed by atoms with van der Waals surface area (Å²) in [6, 6.07) is 2.16. The molecule has 0 aromatic carbocycles. The molecule has 1 nitrogen and oxygen atoms in total. The van der Waals surface area contributed by atoms with Gasteiger partial charge in [-0.05, 0) is 54.4 Å². The number of hydrogen-bond donors (Lipinski definition) is 2. The third-order valence-electron chi connectivity index (χ3n) is 5.67. The zero-order valence-electron chi connectivity index (χ0n) is 17.1. The van der Waals surface area contributed by atoms with E-state index >= 15 is 0 Å². The van der Waals surface area contributed by atoms with Gasteiger partial charge in [0.2, 0.25) is 0 Å². The third kappa shape index (κ3) is 5.49. The summed E-state index contributed by atoms with van der Waals surface area (Å²) < 4.78 is 0. The van der Waals surface area contributed by atoms with E-state index in [1.165, 1.54) is 36.1 Å². The molecule has 25 heavy (non-hydrogen) atoms. The number of thiol groups is 1. The maximum Gasteiger partial charge on any atom is 0.0989 e. The number of fused-ring (bicyclic) bond motifs is 1. The van der Waals surface area contributed by atoms with Gasteiger partial charge < -0.3 is 5.11 Å². The Hall–Kier alpha value is 0.01000. The zero-order chi connectivity index (χ0) is 18.9. The topological polar surface area (TPSA) is 20.2 Å². The SMILES string of the molecule is CCCC(CCC)C1(O)c2ccsc2CC1(C)C.CCCCCCS. The van der Waals surface area contributed by atoms with Crippen molar-refractivity contribution < 1.29 is 5.11 Å². The van der Waals surface area contributed by atoms with E-state index in [0.717, 1.165) is 37.9 Å². The molecule has 0 saturated carbocycles. The van der Waals surface area contributed by atoms with Crippen LogP contribution in [0.1, 0.15) is 96.4 Å². The molecule has 1 aliphatic rings. The van der Waals surface area contributed by atoms with Crippen LogP contribution in [-0.4, -0.2) is 10.9 Å². The molecule has 1 atom stereocenters. The van der Waals surface area contributed by atoms with Crippen molar-refractivity contribution >= 4 is 24.0 Å². The van der Waals surface area contributed by atoms with Crippen LogP contribution in [0.3, 0.4) is 0 Å². The van der Waals surface area contributed by atoms with Gasteiger partial charge in [-0.3, -0.25) is 0 Å². The first-order valence-corrected chi connectivity index (χ1v) is 11.8. The summed E-state index contributed by atoms with van der Waals surface area (Å²) >= 11 is 5.90. The highest BCUT2D eigenvalue weighted by molar-refractivity contribution is 7.80. The Kier molecular flexibility index (Phi) is 10.1. The Morgan fingerprint density at radius 3 is 2.24 bits per heavy atom. The molecule has 1 unspecified atom stereocenters. The average molecular weight is 385 g/mol. The molecule has 0 spiro atoms. The van der Waals surface area contributed by atoms with Gasteiger partial charge in [0.25, 0.3) is 0 Å².